The first-order chi connectivity index (χ1) is 15.9. The summed E-state index contributed by atoms with van der Waals surface area (Å²) in [4.78, 5) is 26.9. The van der Waals surface area contributed by atoms with Gasteiger partial charge in [-0.1, -0.05) is 48.9 Å². The average Bonchev–Trinajstić information content (AvgIpc) is 2.82. The van der Waals surface area contributed by atoms with E-state index in [0.717, 1.165) is 28.7 Å². The molecular weight excluding hydrogens is 419 g/mol. The highest BCUT2D eigenvalue weighted by Gasteiger charge is 2.31. The Morgan fingerprint density at radius 2 is 1.88 bits per heavy atom. The standard InChI is InChI=1S/C27H27FN2O3/c1-3-26(32)30-14-13-19-11-12-23(16-24(19)27(30)20-9-7-18(2)8-10-20)33-17-25(31)29-22-6-4-5-21(28)15-22/h4-12,15-16,27H,3,13-14,17H2,1-2H3,(H,29,31)/t27-/m0/s1. The van der Waals surface area contributed by atoms with Crippen molar-refractivity contribution in [3.8, 4) is 5.75 Å². The second kappa shape index (κ2) is 9.86. The summed E-state index contributed by atoms with van der Waals surface area (Å²) in [7, 11) is 0. The SMILES string of the molecule is CCC(=O)N1CCc2ccc(OCC(=O)Nc3cccc(F)c3)cc2[C@@H]1c1ccc(C)cc1. The van der Waals surface area contributed by atoms with Crippen LogP contribution in [0.2, 0.25) is 0 Å². The van der Waals surface area contributed by atoms with Crippen LogP contribution in [0.5, 0.6) is 5.75 Å². The van der Waals surface area contributed by atoms with E-state index in [1.54, 1.807) is 6.07 Å². The number of ether oxygens (including phenoxy) is 1. The zero-order valence-corrected chi connectivity index (χ0v) is 18.8. The van der Waals surface area contributed by atoms with Crippen molar-refractivity contribution in [2.75, 3.05) is 18.5 Å². The topological polar surface area (TPSA) is 58.6 Å². The minimum absolute atomic E-state index is 0.104. The quantitative estimate of drug-likeness (QED) is 0.577. The number of hydrogen-bond acceptors (Lipinski definition) is 3. The van der Waals surface area contributed by atoms with Crippen LogP contribution in [0.1, 0.15) is 41.6 Å². The fourth-order valence-electron chi connectivity index (χ4n) is 4.18. The summed E-state index contributed by atoms with van der Waals surface area (Å²) in [5.74, 6) is -0.147. The third kappa shape index (κ3) is 5.22. The number of halogens is 1. The zero-order valence-electron chi connectivity index (χ0n) is 18.8. The number of amides is 2. The van der Waals surface area contributed by atoms with Gasteiger partial charge in [-0.05, 0) is 60.4 Å². The molecule has 0 aromatic heterocycles. The van der Waals surface area contributed by atoms with Gasteiger partial charge in [-0.25, -0.2) is 4.39 Å². The fraction of sp³-hybridized carbons (Fsp3) is 0.259. The molecule has 2 amide bonds. The first-order valence-electron chi connectivity index (χ1n) is 11.1. The summed E-state index contributed by atoms with van der Waals surface area (Å²) in [5, 5.41) is 2.63. The third-order valence-electron chi connectivity index (χ3n) is 5.84. The number of nitrogens with zero attached hydrogens (tertiary/aromatic N) is 1. The Hall–Kier alpha value is -3.67. The van der Waals surface area contributed by atoms with Crippen molar-refractivity contribution in [1.82, 2.24) is 4.90 Å². The summed E-state index contributed by atoms with van der Waals surface area (Å²) in [5.41, 5.74) is 4.75. The molecule has 0 aliphatic carbocycles. The first-order valence-corrected chi connectivity index (χ1v) is 11.1. The molecular formula is C27H27FN2O3. The maximum absolute atomic E-state index is 13.3. The lowest BCUT2D eigenvalue weighted by molar-refractivity contribution is -0.132. The average molecular weight is 447 g/mol. The molecule has 0 radical (unpaired) electrons. The van der Waals surface area contributed by atoms with Crippen LogP contribution in [-0.4, -0.2) is 29.9 Å². The number of fused-ring (bicyclic) bond motifs is 1. The predicted octanol–water partition coefficient (Wildman–Crippen LogP) is 5.04. The first kappa shape index (κ1) is 22.5. The maximum atomic E-state index is 13.3. The van der Waals surface area contributed by atoms with Crippen molar-refractivity contribution in [2.24, 2.45) is 0 Å². The smallest absolute Gasteiger partial charge is 0.262 e. The fourth-order valence-corrected chi connectivity index (χ4v) is 4.18. The van der Waals surface area contributed by atoms with Crippen molar-refractivity contribution >= 4 is 17.5 Å². The van der Waals surface area contributed by atoms with Crippen LogP contribution >= 0.6 is 0 Å². The van der Waals surface area contributed by atoms with E-state index in [9.17, 15) is 14.0 Å². The van der Waals surface area contributed by atoms with Crippen LogP contribution in [0.3, 0.4) is 0 Å². The Kier molecular flexibility index (Phi) is 6.73. The van der Waals surface area contributed by atoms with Gasteiger partial charge in [0.05, 0.1) is 6.04 Å². The van der Waals surface area contributed by atoms with Crippen LogP contribution in [0.15, 0.2) is 66.7 Å². The lowest BCUT2D eigenvalue weighted by Gasteiger charge is -2.38. The van der Waals surface area contributed by atoms with Gasteiger partial charge in [0.2, 0.25) is 5.91 Å². The van der Waals surface area contributed by atoms with E-state index in [-0.39, 0.29) is 24.5 Å². The molecule has 4 rings (SSSR count). The van der Waals surface area contributed by atoms with Crippen molar-refractivity contribution in [2.45, 2.75) is 32.7 Å². The predicted molar refractivity (Wildman–Crippen MR) is 126 cm³/mol. The number of nitrogens with one attached hydrogen (secondary N) is 1. The highest BCUT2D eigenvalue weighted by Crippen LogP contribution is 2.37. The third-order valence-corrected chi connectivity index (χ3v) is 5.84. The van der Waals surface area contributed by atoms with E-state index in [4.69, 9.17) is 4.74 Å². The number of carbonyl (C=O) groups is 2. The van der Waals surface area contributed by atoms with Crippen LogP contribution in [-0.2, 0) is 16.0 Å². The van der Waals surface area contributed by atoms with Crippen LogP contribution in [0.4, 0.5) is 10.1 Å². The molecule has 0 unspecified atom stereocenters. The van der Waals surface area contributed by atoms with Crippen molar-refractivity contribution in [3.63, 3.8) is 0 Å². The summed E-state index contributed by atoms with van der Waals surface area (Å²) >= 11 is 0. The van der Waals surface area contributed by atoms with Gasteiger partial charge in [0.1, 0.15) is 11.6 Å². The Labute approximate surface area is 193 Å². The molecule has 170 valence electrons. The Morgan fingerprint density at radius 3 is 2.61 bits per heavy atom. The van der Waals surface area contributed by atoms with Crippen molar-refractivity contribution in [1.29, 1.82) is 0 Å². The molecule has 0 spiro atoms. The van der Waals surface area contributed by atoms with Crippen LogP contribution in [0.25, 0.3) is 0 Å². The molecule has 0 saturated carbocycles. The molecule has 3 aromatic carbocycles. The van der Waals surface area contributed by atoms with E-state index in [1.807, 2.05) is 36.9 Å². The van der Waals surface area contributed by atoms with Crippen LogP contribution < -0.4 is 10.1 Å². The molecule has 0 saturated heterocycles. The second-order valence-corrected chi connectivity index (χ2v) is 8.21. The minimum Gasteiger partial charge on any atom is -0.484 e. The highest BCUT2D eigenvalue weighted by atomic mass is 19.1. The largest absolute Gasteiger partial charge is 0.484 e. The number of anilines is 1. The summed E-state index contributed by atoms with van der Waals surface area (Å²) in [6.45, 7) is 4.37. The molecule has 1 aliphatic rings. The van der Waals surface area contributed by atoms with Gasteiger partial charge in [0.25, 0.3) is 5.91 Å². The lowest BCUT2D eigenvalue weighted by atomic mass is 9.87. The van der Waals surface area contributed by atoms with E-state index >= 15 is 0 Å². The van der Waals surface area contributed by atoms with Crippen molar-refractivity contribution < 1.29 is 18.7 Å². The molecule has 0 bridgehead atoms. The van der Waals surface area contributed by atoms with Gasteiger partial charge in [-0.15, -0.1) is 0 Å². The molecule has 1 atom stereocenters. The normalized spacial score (nSPS) is 15.0. The lowest BCUT2D eigenvalue weighted by Crippen LogP contribution is -2.40. The molecule has 33 heavy (non-hydrogen) atoms. The van der Waals surface area contributed by atoms with Gasteiger partial charge in [-0.3, -0.25) is 9.59 Å². The van der Waals surface area contributed by atoms with E-state index in [2.05, 4.69) is 29.6 Å². The van der Waals surface area contributed by atoms with Gasteiger partial charge >= 0.3 is 0 Å². The van der Waals surface area contributed by atoms with Gasteiger partial charge < -0.3 is 15.0 Å². The van der Waals surface area contributed by atoms with Gasteiger partial charge in [0, 0.05) is 18.7 Å². The molecule has 3 aromatic rings. The monoisotopic (exact) mass is 446 g/mol. The number of rotatable bonds is 6. The Bertz CT molecular complexity index is 1160. The molecule has 6 heteroatoms. The molecule has 1 heterocycles. The summed E-state index contributed by atoms with van der Waals surface area (Å²) in [6.07, 6.45) is 1.21. The number of benzene rings is 3. The molecule has 5 nitrogen and oxygen atoms in total. The molecule has 1 aliphatic heterocycles. The van der Waals surface area contributed by atoms with Gasteiger partial charge in [0.15, 0.2) is 6.61 Å². The van der Waals surface area contributed by atoms with Crippen LogP contribution in [0, 0.1) is 12.7 Å². The second-order valence-electron chi connectivity index (χ2n) is 8.21. The minimum atomic E-state index is -0.420. The maximum Gasteiger partial charge on any atom is 0.262 e. The summed E-state index contributed by atoms with van der Waals surface area (Å²) < 4.78 is 19.1. The highest BCUT2D eigenvalue weighted by molar-refractivity contribution is 5.91. The number of carbonyl (C=O) groups excluding carboxylic acids is 2. The van der Waals surface area contributed by atoms with Crippen molar-refractivity contribution in [3.05, 3.63) is 94.8 Å². The van der Waals surface area contributed by atoms with E-state index in [0.29, 0.717) is 24.4 Å². The Balaban J connectivity index is 1.56. The molecule has 0 fully saturated rings. The molecule has 1 N–H and O–H groups in total. The zero-order chi connectivity index (χ0) is 23.4. The number of hydrogen-bond donors (Lipinski definition) is 1. The Morgan fingerprint density at radius 1 is 1.09 bits per heavy atom. The van der Waals surface area contributed by atoms with E-state index in [1.165, 1.54) is 18.2 Å². The van der Waals surface area contributed by atoms with E-state index < -0.39 is 5.82 Å². The summed E-state index contributed by atoms with van der Waals surface area (Å²) in [6, 6.07) is 19.5. The number of aryl methyl sites for hydroxylation is 1. The van der Waals surface area contributed by atoms with Gasteiger partial charge in [-0.2, -0.15) is 0 Å².